The van der Waals surface area contributed by atoms with Crippen molar-refractivity contribution in [1.29, 1.82) is 0 Å². The number of quaternary nitrogens is 1. The van der Waals surface area contributed by atoms with Crippen molar-refractivity contribution in [2.24, 2.45) is 0 Å². The van der Waals surface area contributed by atoms with Crippen LogP contribution in [0.25, 0.3) is 5.69 Å². The molecular formula is C17H19ClN5OS+. The van der Waals surface area contributed by atoms with Crippen LogP contribution in [-0.4, -0.2) is 33.9 Å². The van der Waals surface area contributed by atoms with Gasteiger partial charge in [0.1, 0.15) is 12.3 Å². The molecule has 6 nitrogen and oxygen atoms in total. The van der Waals surface area contributed by atoms with Gasteiger partial charge in [0.05, 0.1) is 19.8 Å². The van der Waals surface area contributed by atoms with Crippen LogP contribution < -0.4 is 9.64 Å². The van der Waals surface area contributed by atoms with Gasteiger partial charge >= 0.3 is 0 Å². The molecule has 0 saturated heterocycles. The lowest BCUT2D eigenvalue weighted by atomic mass is 10.2. The maximum Gasteiger partial charge on any atom is 0.225 e. The molecule has 2 aromatic carbocycles. The molecule has 0 spiro atoms. The van der Waals surface area contributed by atoms with Gasteiger partial charge in [0.2, 0.25) is 4.77 Å². The summed E-state index contributed by atoms with van der Waals surface area (Å²) in [6.45, 7) is 1.31. The maximum absolute atomic E-state index is 6.10. The molecule has 1 N–H and O–H groups in total. The highest BCUT2D eigenvalue weighted by atomic mass is 35.5. The first-order chi connectivity index (χ1) is 12.1. The monoisotopic (exact) mass is 376 g/mol. The number of benzene rings is 2. The van der Waals surface area contributed by atoms with Gasteiger partial charge in [-0.25, -0.2) is 0 Å². The SMILES string of the molecule is COc1ccc(Cl)cc1C[NH+](C)Cn1nnn(-c2ccccc2)c1=S. The van der Waals surface area contributed by atoms with Crippen molar-refractivity contribution in [2.75, 3.05) is 14.2 Å². The number of tetrazole rings is 1. The lowest BCUT2D eigenvalue weighted by Crippen LogP contribution is -3.07. The van der Waals surface area contributed by atoms with Gasteiger partial charge in [0.25, 0.3) is 0 Å². The van der Waals surface area contributed by atoms with Crippen LogP contribution in [-0.2, 0) is 13.2 Å². The molecular weight excluding hydrogens is 358 g/mol. The van der Waals surface area contributed by atoms with Gasteiger partial charge in [0.15, 0.2) is 6.67 Å². The number of ether oxygens (including phenoxy) is 1. The van der Waals surface area contributed by atoms with Crippen LogP contribution in [0.4, 0.5) is 0 Å². The number of rotatable bonds is 6. The summed E-state index contributed by atoms with van der Waals surface area (Å²) >= 11 is 11.6. The highest BCUT2D eigenvalue weighted by molar-refractivity contribution is 7.71. The molecule has 0 bridgehead atoms. The Morgan fingerprint density at radius 1 is 1.16 bits per heavy atom. The fourth-order valence-corrected chi connectivity index (χ4v) is 3.06. The Labute approximate surface area is 156 Å². The van der Waals surface area contributed by atoms with Gasteiger partial charge in [-0.2, -0.15) is 9.36 Å². The van der Waals surface area contributed by atoms with Crippen molar-refractivity contribution in [1.82, 2.24) is 19.8 Å². The molecule has 1 unspecified atom stereocenters. The summed E-state index contributed by atoms with van der Waals surface area (Å²) in [6.07, 6.45) is 0. The molecule has 130 valence electrons. The Morgan fingerprint density at radius 2 is 1.92 bits per heavy atom. The van der Waals surface area contributed by atoms with Gasteiger partial charge in [-0.3, -0.25) is 0 Å². The molecule has 0 fully saturated rings. The predicted molar refractivity (Wildman–Crippen MR) is 98.8 cm³/mol. The van der Waals surface area contributed by atoms with E-state index in [2.05, 4.69) is 17.5 Å². The first-order valence-corrected chi connectivity index (χ1v) is 8.59. The van der Waals surface area contributed by atoms with Crippen LogP contribution >= 0.6 is 23.8 Å². The average molecular weight is 377 g/mol. The van der Waals surface area contributed by atoms with E-state index < -0.39 is 0 Å². The summed E-state index contributed by atoms with van der Waals surface area (Å²) in [5.74, 6) is 0.820. The molecule has 1 aromatic heterocycles. The van der Waals surface area contributed by atoms with Crippen molar-refractivity contribution in [3.63, 3.8) is 0 Å². The highest BCUT2D eigenvalue weighted by Gasteiger charge is 2.13. The summed E-state index contributed by atoms with van der Waals surface area (Å²) in [5.41, 5.74) is 1.93. The minimum absolute atomic E-state index is 0.559. The molecule has 3 rings (SSSR count). The fourth-order valence-electron chi connectivity index (χ4n) is 2.63. The van der Waals surface area contributed by atoms with Gasteiger partial charge in [-0.1, -0.05) is 29.8 Å². The van der Waals surface area contributed by atoms with Gasteiger partial charge in [0, 0.05) is 10.6 Å². The Morgan fingerprint density at radius 3 is 2.64 bits per heavy atom. The molecule has 1 atom stereocenters. The zero-order valence-electron chi connectivity index (χ0n) is 14.0. The molecule has 8 heteroatoms. The van der Waals surface area contributed by atoms with Gasteiger partial charge < -0.3 is 9.64 Å². The minimum atomic E-state index is 0.559. The van der Waals surface area contributed by atoms with E-state index in [1.165, 1.54) is 4.90 Å². The fraction of sp³-hybridized carbons (Fsp3) is 0.235. The number of para-hydroxylation sites is 1. The number of hydrogen-bond donors (Lipinski definition) is 1. The summed E-state index contributed by atoms with van der Waals surface area (Å²) in [7, 11) is 3.72. The second kappa shape index (κ2) is 7.77. The molecule has 0 aliphatic rings. The normalized spacial score (nSPS) is 12.1. The second-order valence-corrected chi connectivity index (χ2v) is 6.56. The van der Waals surface area contributed by atoms with Crippen molar-refractivity contribution in [3.8, 4) is 11.4 Å². The molecule has 3 aromatic rings. The van der Waals surface area contributed by atoms with E-state index in [9.17, 15) is 0 Å². The third-order valence-corrected chi connectivity index (χ3v) is 4.41. The Hall–Kier alpha value is -2.22. The summed E-state index contributed by atoms with van der Waals surface area (Å²) in [5, 5.41) is 9.03. The number of nitrogens with zero attached hydrogens (tertiary/aromatic N) is 4. The first kappa shape index (κ1) is 17.6. The van der Waals surface area contributed by atoms with Crippen molar-refractivity contribution < 1.29 is 9.64 Å². The Kier molecular flexibility index (Phi) is 5.47. The van der Waals surface area contributed by atoms with Crippen LogP contribution in [0.3, 0.4) is 0 Å². The molecule has 1 heterocycles. The third kappa shape index (κ3) is 4.07. The minimum Gasteiger partial charge on any atom is -0.496 e. The van der Waals surface area contributed by atoms with Crippen LogP contribution in [0.5, 0.6) is 5.75 Å². The van der Waals surface area contributed by atoms with Crippen LogP contribution in [0.15, 0.2) is 48.5 Å². The van der Waals surface area contributed by atoms with E-state index in [1.54, 1.807) is 16.5 Å². The highest BCUT2D eigenvalue weighted by Crippen LogP contribution is 2.21. The van der Waals surface area contributed by atoms with E-state index in [4.69, 9.17) is 28.6 Å². The van der Waals surface area contributed by atoms with E-state index in [0.29, 0.717) is 16.5 Å². The van der Waals surface area contributed by atoms with Crippen molar-refractivity contribution in [3.05, 3.63) is 63.9 Å². The summed E-state index contributed by atoms with van der Waals surface area (Å²) < 4.78 is 9.34. The number of halogens is 1. The van der Waals surface area contributed by atoms with Crippen molar-refractivity contribution in [2.45, 2.75) is 13.2 Å². The van der Waals surface area contributed by atoms with Gasteiger partial charge in [-0.05, 0) is 53.0 Å². The zero-order valence-corrected chi connectivity index (χ0v) is 15.6. The quantitative estimate of drug-likeness (QED) is 0.670. The van der Waals surface area contributed by atoms with E-state index in [-0.39, 0.29) is 0 Å². The lowest BCUT2D eigenvalue weighted by Gasteiger charge is -2.15. The predicted octanol–water partition coefficient (Wildman–Crippen LogP) is 2.13. The van der Waals surface area contributed by atoms with E-state index in [0.717, 1.165) is 23.5 Å². The maximum atomic E-state index is 6.10. The van der Waals surface area contributed by atoms with E-state index >= 15 is 0 Å². The van der Waals surface area contributed by atoms with Crippen LogP contribution in [0.1, 0.15) is 5.56 Å². The standard InChI is InChI=1S/C17H18ClN5OS/c1-21(11-13-10-14(18)8-9-16(13)24-2)12-22-17(25)23(20-19-22)15-6-4-3-5-7-15/h3-10H,11-12H2,1-2H3/p+1. The van der Waals surface area contributed by atoms with Crippen LogP contribution in [0.2, 0.25) is 5.02 Å². The van der Waals surface area contributed by atoms with E-state index in [1.807, 2.05) is 48.5 Å². The van der Waals surface area contributed by atoms with Crippen LogP contribution in [0, 0.1) is 4.77 Å². The molecule has 0 aliphatic heterocycles. The topological polar surface area (TPSA) is 49.3 Å². The average Bonchev–Trinajstić information content (AvgIpc) is 2.96. The summed E-state index contributed by atoms with van der Waals surface area (Å²) in [6, 6.07) is 15.4. The Bertz CT molecular complexity index is 909. The first-order valence-electron chi connectivity index (χ1n) is 7.80. The lowest BCUT2D eigenvalue weighted by molar-refractivity contribution is -0.917. The summed E-state index contributed by atoms with van der Waals surface area (Å²) in [4.78, 5) is 1.18. The zero-order chi connectivity index (χ0) is 17.8. The smallest absolute Gasteiger partial charge is 0.225 e. The molecule has 0 amide bonds. The second-order valence-electron chi connectivity index (χ2n) is 5.76. The number of methoxy groups -OCH3 is 1. The number of nitrogens with one attached hydrogen (secondary N) is 1. The largest absolute Gasteiger partial charge is 0.496 e. The molecule has 0 saturated carbocycles. The Balaban J connectivity index is 1.76. The third-order valence-electron chi connectivity index (χ3n) is 3.79. The molecule has 25 heavy (non-hydrogen) atoms. The van der Waals surface area contributed by atoms with Gasteiger partial charge in [-0.15, -0.1) is 0 Å². The number of aromatic nitrogens is 4. The molecule has 0 aliphatic carbocycles. The van der Waals surface area contributed by atoms with Crippen molar-refractivity contribution >= 4 is 23.8 Å². The number of hydrogen-bond acceptors (Lipinski definition) is 4. The molecule has 0 radical (unpaired) electrons.